The SMILES string of the molecule is C1=CS[C@@H]2CCCCC2O1. The third-order valence-corrected chi connectivity index (χ3v) is 3.36. The highest BCUT2D eigenvalue weighted by atomic mass is 32.2. The van der Waals surface area contributed by atoms with Crippen LogP contribution in [0.15, 0.2) is 11.7 Å². The van der Waals surface area contributed by atoms with Gasteiger partial charge >= 0.3 is 0 Å². The number of thioether (sulfide) groups is 1. The molecule has 0 bridgehead atoms. The fraction of sp³-hybridized carbons (Fsp3) is 0.750. The zero-order chi connectivity index (χ0) is 6.81. The van der Waals surface area contributed by atoms with Crippen LogP contribution in [0.5, 0.6) is 0 Å². The third kappa shape index (κ3) is 1.17. The Labute approximate surface area is 65.8 Å². The molecule has 0 aromatic carbocycles. The van der Waals surface area contributed by atoms with Crippen molar-refractivity contribution < 1.29 is 4.74 Å². The number of fused-ring (bicyclic) bond motifs is 1. The van der Waals surface area contributed by atoms with E-state index >= 15 is 0 Å². The van der Waals surface area contributed by atoms with Crippen molar-refractivity contribution in [2.45, 2.75) is 37.0 Å². The monoisotopic (exact) mass is 156 g/mol. The van der Waals surface area contributed by atoms with Crippen LogP contribution >= 0.6 is 11.8 Å². The van der Waals surface area contributed by atoms with Crippen molar-refractivity contribution in [3.63, 3.8) is 0 Å². The van der Waals surface area contributed by atoms with Crippen molar-refractivity contribution in [3.8, 4) is 0 Å². The molecule has 2 aliphatic rings. The molecule has 1 saturated carbocycles. The summed E-state index contributed by atoms with van der Waals surface area (Å²) >= 11 is 1.94. The summed E-state index contributed by atoms with van der Waals surface area (Å²) in [6.45, 7) is 0. The van der Waals surface area contributed by atoms with Crippen LogP contribution in [0.25, 0.3) is 0 Å². The highest BCUT2D eigenvalue weighted by molar-refractivity contribution is 8.02. The van der Waals surface area contributed by atoms with E-state index in [9.17, 15) is 0 Å². The van der Waals surface area contributed by atoms with Crippen molar-refractivity contribution >= 4 is 11.8 Å². The topological polar surface area (TPSA) is 9.23 Å². The minimum absolute atomic E-state index is 0.531. The molecule has 0 aromatic heterocycles. The second-order valence-corrected chi connectivity index (χ2v) is 4.06. The van der Waals surface area contributed by atoms with Crippen molar-refractivity contribution in [1.82, 2.24) is 0 Å². The van der Waals surface area contributed by atoms with Gasteiger partial charge in [-0.2, -0.15) is 0 Å². The summed E-state index contributed by atoms with van der Waals surface area (Å²) in [5.41, 5.74) is 0. The first-order valence-electron chi connectivity index (χ1n) is 3.93. The van der Waals surface area contributed by atoms with Gasteiger partial charge in [-0.15, -0.1) is 11.8 Å². The molecule has 2 atom stereocenters. The maximum atomic E-state index is 5.48. The summed E-state index contributed by atoms with van der Waals surface area (Å²) in [4.78, 5) is 0. The predicted molar refractivity (Wildman–Crippen MR) is 43.9 cm³/mol. The largest absolute Gasteiger partial charge is 0.496 e. The minimum atomic E-state index is 0.531. The second-order valence-electron chi connectivity index (χ2n) is 2.91. The zero-order valence-electron chi connectivity index (χ0n) is 5.95. The molecule has 0 N–H and O–H groups in total. The Bertz CT molecular complexity index is 128. The Balaban J connectivity index is 2.01. The van der Waals surface area contributed by atoms with E-state index in [0.29, 0.717) is 6.10 Å². The molecule has 0 radical (unpaired) electrons. The summed E-state index contributed by atoms with van der Waals surface area (Å²) in [6.07, 6.45) is 7.74. The van der Waals surface area contributed by atoms with E-state index in [1.165, 1.54) is 25.7 Å². The number of rotatable bonds is 0. The highest BCUT2D eigenvalue weighted by Gasteiger charge is 2.27. The van der Waals surface area contributed by atoms with Crippen molar-refractivity contribution in [2.24, 2.45) is 0 Å². The molecule has 1 aliphatic carbocycles. The molecule has 1 fully saturated rings. The maximum absolute atomic E-state index is 5.48. The Morgan fingerprint density at radius 2 is 2.20 bits per heavy atom. The lowest BCUT2D eigenvalue weighted by molar-refractivity contribution is 0.109. The number of hydrogen-bond donors (Lipinski definition) is 0. The normalized spacial score (nSPS) is 38.4. The minimum Gasteiger partial charge on any atom is -0.496 e. The van der Waals surface area contributed by atoms with Crippen LogP contribution in [0.4, 0.5) is 0 Å². The molecular formula is C8H12OS. The van der Waals surface area contributed by atoms with E-state index in [2.05, 4.69) is 5.41 Å². The molecule has 1 heterocycles. The molecule has 10 heavy (non-hydrogen) atoms. The Morgan fingerprint density at radius 3 is 3.10 bits per heavy atom. The summed E-state index contributed by atoms with van der Waals surface area (Å²) < 4.78 is 5.48. The molecular weight excluding hydrogens is 144 g/mol. The van der Waals surface area contributed by atoms with E-state index in [4.69, 9.17) is 4.74 Å². The first-order chi connectivity index (χ1) is 4.97. The molecule has 0 aromatic rings. The first kappa shape index (κ1) is 6.59. The maximum Gasteiger partial charge on any atom is 0.110 e. The molecule has 1 aliphatic heterocycles. The lowest BCUT2D eigenvalue weighted by Crippen LogP contribution is -2.29. The molecule has 0 saturated heterocycles. The predicted octanol–water partition coefficient (Wildman–Crippen LogP) is 2.53. The van der Waals surface area contributed by atoms with Crippen LogP contribution < -0.4 is 0 Å². The van der Waals surface area contributed by atoms with Gasteiger partial charge in [0.1, 0.15) is 6.10 Å². The van der Waals surface area contributed by atoms with E-state index in [1.807, 2.05) is 18.0 Å². The van der Waals surface area contributed by atoms with Gasteiger partial charge in [0.25, 0.3) is 0 Å². The van der Waals surface area contributed by atoms with Crippen LogP contribution in [-0.2, 0) is 4.74 Å². The lowest BCUT2D eigenvalue weighted by Gasteiger charge is -2.31. The van der Waals surface area contributed by atoms with Crippen LogP contribution in [0.1, 0.15) is 25.7 Å². The summed E-state index contributed by atoms with van der Waals surface area (Å²) in [5, 5.41) is 2.84. The van der Waals surface area contributed by atoms with Crippen molar-refractivity contribution in [3.05, 3.63) is 11.7 Å². The highest BCUT2D eigenvalue weighted by Crippen LogP contribution is 2.34. The molecule has 56 valence electrons. The van der Waals surface area contributed by atoms with Gasteiger partial charge in [0.2, 0.25) is 0 Å². The van der Waals surface area contributed by atoms with Gasteiger partial charge in [0.05, 0.1) is 6.26 Å². The molecule has 0 spiro atoms. The average molecular weight is 156 g/mol. The van der Waals surface area contributed by atoms with Crippen LogP contribution in [0.2, 0.25) is 0 Å². The summed E-state index contributed by atoms with van der Waals surface area (Å²) in [7, 11) is 0. The van der Waals surface area contributed by atoms with Crippen molar-refractivity contribution in [1.29, 1.82) is 0 Å². The molecule has 2 heteroatoms. The standard InChI is InChI=1S/C8H12OS/c1-2-4-8-7(3-1)9-5-6-10-8/h5-8H,1-4H2/t7?,8-/m1/s1. The molecule has 2 rings (SSSR count). The van der Waals surface area contributed by atoms with E-state index in [-0.39, 0.29) is 0 Å². The lowest BCUT2D eigenvalue weighted by atomic mass is 9.97. The zero-order valence-corrected chi connectivity index (χ0v) is 6.77. The summed E-state index contributed by atoms with van der Waals surface area (Å²) in [5.74, 6) is 0. The van der Waals surface area contributed by atoms with Gasteiger partial charge in [-0.1, -0.05) is 6.42 Å². The average Bonchev–Trinajstić information content (AvgIpc) is 2.05. The van der Waals surface area contributed by atoms with Crippen LogP contribution in [0, 0.1) is 0 Å². The second kappa shape index (κ2) is 2.87. The molecule has 1 nitrogen and oxygen atoms in total. The fourth-order valence-electron chi connectivity index (χ4n) is 1.64. The summed E-state index contributed by atoms with van der Waals surface area (Å²) in [6, 6.07) is 0. The van der Waals surface area contributed by atoms with Gasteiger partial charge < -0.3 is 4.74 Å². The van der Waals surface area contributed by atoms with E-state index in [0.717, 1.165) is 5.25 Å². The Kier molecular flexibility index (Phi) is 1.89. The van der Waals surface area contributed by atoms with Gasteiger partial charge in [-0.25, -0.2) is 0 Å². The number of hydrogen-bond acceptors (Lipinski definition) is 2. The van der Waals surface area contributed by atoms with Gasteiger partial charge in [0.15, 0.2) is 0 Å². The van der Waals surface area contributed by atoms with E-state index < -0.39 is 0 Å². The van der Waals surface area contributed by atoms with Gasteiger partial charge in [-0.05, 0) is 19.3 Å². The Morgan fingerprint density at radius 1 is 1.30 bits per heavy atom. The van der Waals surface area contributed by atoms with Crippen LogP contribution in [0.3, 0.4) is 0 Å². The number of ether oxygens (including phenoxy) is 1. The Hall–Kier alpha value is -0.110. The molecule has 1 unspecified atom stereocenters. The van der Waals surface area contributed by atoms with Crippen molar-refractivity contribution in [2.75, 3.05) is 0 Å². The van der Waals surface area contributed by atoms with E-state index in [1.54, 1.807) is 0 Å². The first-order valence-corrected chi connectivity index (χ1v) is 4.87. The van der Waals surface area contributed by atoms with Crippen LogP contribution in [-0.4, -0.2) is 11.4 Å². The molecule has 0 amide bonds. The smallest absolute Gasteiger partial charge is 0.110 e. The third-order valence-electron chi connectivity index (χ3n) is 2.20. The van der Waals surface area contributed by atoms with Gasteiger partial charge in [0, 0.05) is 10.7 Å². The van der Waals surface area contributed by atoms with Gasteiger partial charge in [-0.3, -0.25) is 0 Å². The fourth-order valence-corrected chi connectivity index (χ4v) is 2.65. The quantitative estimate of drug-likeness (QED) is 0.533.